The largest absolute Gasteiger partial charge is 0.456 e. The van der Waals surface area contributed by atoms with Crippen LogP contribution in [0.1, 0.15) is 0 Å². The highest BCUT2D eigenvalue weighted by molar-refractivity contribution is 6.15. The Balaban J connectivity index is 1.02. The van der Waals surface area contributed by atoms with E-state index in [1.54, 1.807) is 0 Å². The summed E-state index contributed by atoms with van der Waals surface area (Å²) in [6.07, 6.45) is 0. The van der Waals surface area contributed by atoms with Crippen molar-refractivity contribution in [2.75, 3.05) is 4.90 Å². The highest BCUT2D eigenvalue weighted by Gasteiger charge is 2.21. The first-order chi connectivity index (χ1) is 31.2. The SMILES string of the molecule is c1ccc(-c2ccc(N(c3ccccc3)c3ccc(-c4cc(-c5cc(-c6cccc7oc8ccccc8c67)nc(-c6ccccc6)n5)c5c(c4)oc4ccccc45)cc3)cc2)cc1. The maximum atomic E-state index is 6.66. The quantitative estimate of drug-likeness (QED) is 0.153. The minimum absolute atomic E-state index is 0.640. The average molecular weight is 808 g/mol. The normalized spacial score (nSPS) is 11.5. The summed E-state index contributed by atoms with van der Waals surface area (Å²) >= 11 is 0. The topological polar surface area (TPSA) is 55.3 Å². The van der Waals surface area contributed by atoms with Crippen LogP contribution >= 0.6 is 0 Å². The van der Waals surface area contributed by atoms with Crippen molar-refractivity contribution in [3.05, 3.63) is 224 Å². The number of hydrogen-bond donors (Lipinski definition) is 0. The van der Waals surface area contributed by atoms with Crippen LogP contribution in [-0.2, 0) is 0 Å². The Morgan fingerprint density at radius 2 is 0.762 bits per heavy atom. The van der Waals surface area contributed by atoms with Crippen LogP contribution in [0.2, 0.25) is 0 Å². The lowest BCUT2D eigenvalue weighted by Crippen LogP contribution is -2.09. The Hall–Kier alpha value is -8.54. The Kier molecular flexibility index (Phi) is 8.75. The van der Waals surface area contributed by atoms with E-state index >= 15 is 0 Å². The van der Waals surface area contributed by atoms with Crippen LogP contribution in [0.5, 0.6) is 0 Å². The molecule has 12 aromatic rings. The minimum atomic E-state index is 0.640. The lowest BCUT2D eigenvalue weighted by Gasteiger charge is -2.26. The number of furan rings is 2. The van der Waals surface area contributed by atoms with Gasteiger partial charge in [0.15, 0.2) is 5.82 Å². The van der Waals surface area contributed by atoms with Crippen molar-refractivity contribution >= 4 is 60.9 Å². The summed E-state index contributed by atoms with van der Waals surface area (Å²) in [6.45, 7) is 0. The molecule has 0 radical (unpaired) electrons. The van der Waals surface area contributed by atoms with Crippen molar-refractivity contribution in [2.45, 2.75) is 0 Å². The molecule has 3 aromatic heterocycles. The molecular weight excluding hydrogens is 771 g/mol. The third kappa shape index (κ3) is 6.51. The van der Waals surface area contributed by atoms with E-state index in [9.17, 15) is 0 Å². The third-order valence-corrected chi connectivity index (χ3v) is 11.9. The fraction of sp³-hybridized carbons (Fsp3) is 0. The molecule has 0 fully saturated rings. The van der Waals surface area contributed by atoms with Crippen molar-refractivity contribution in [3.63, 3.8) is 0 Å². The van der Waals surface area contributed by atoms with Gasteiger partial charge in [0.2, 0.25) is 0 Å². The molecule has 9 aromatic carbocycles. The van der Waals surface area contributed by atoms with E-state index in [1.807, 2.05) is 60.7 Å². The van der Waals surface area contributed by atoms with Crippen molar-refractivity contribution in [2.24, 2.45) is 0 Å². The lowest BCUT2D eigenvalue weighted by atomic mass is 9.95. The number of anilines is 3. The number of aromatic nitrogens is 2. The molecule has 0 N–H and O–H groups in total. The van der Waals surface area contributed by atoms with Crippen LogP contribution in [-0.4, -0.2) is 9.97 Å². The summed E-state index contributed by atoms with van der Waals surface area (Å²) in [5.41, 5.74) is 15.4. The maximum absolute atomic E-state index is 6.66. The molecule has 3 heterocycles. The summed E-state index contributed by atoms with van der Waals surface area (Å²) < 4.78 is 13.0. The van der Waals surface area contributed by atoms with Crippen LogP contribution < -0.4 is 4.90 Å². The van der Waals surface area contributed by atoms with Gasteiger partial charge in [-0.05, 0) is 95.1 Å². The molecule has 0 aliphatic rings. The Morgan fingerprint density at radius 1 is 0.302 bits per heavy atom. The molecule has 5 nitrogen and oxygen atoms in total. The second-order valence-electron chi connectivity index (χ2n) is 15.7. The predicted molar refractivity (Wildman–Crippen MR) is 258 cm³/mol. The first-order valence-corrected chi connectivity index (χ1v) is 21.1. The molecule has 0 bridgehead atoms. The lowest BCUT2D eigenvalue weighted by molar-refractivity contribution is 0.668. The van der Waals surface area contributed by atoms with Crippen LogP contribution in [0.4, 0.5) is 17.1 Å². The van der Waals surface area contributed by atoms with Gasteiger partial charge in [0.05, 0.1) is 11.4 Å². The van der Waals surface area contributed by atoms with Crippen LogP contribution in [0.15, 0.2) is 233 Å². The van der Waals surface area contributed by atoms with Gasteiger partial charge in [0, 0.05) is 55.3 Å². The predicted octanol–water partition coefficient (Wildman–Crippen LogP) is 16.1. The van der Waals surface area contributed by atoms with Crippen LogP contribution in [0.25, 0.3) is 100 Å². The fourth-order valence-electron chi connectivity index (χ4n) is 8.91. The zero-order valence-corrected chi connectivity index (χ0v) is 34.0. The Bertz CT molecular complexity index is 3600. The van der Waals surface area contributed by atoms with E-state index in [-0.39, 0.29) is 0 Å². The Labute approximate surface area is 363 Å². The van der Waals surface area contributed by atoms with E-state index < -0.39 is 0 Å². The fourth-order valence-corrected chi connectivity index (χ4v) is 8.91. The molecule has 5 heteroatoms. The number of benzene rings is 9. The highest BCUT2D eigenvalue weighted by atomic mass is 16.3. The van der Waals surface area contributed by atoms with Crippen molar-refractivity contribution in [1.82, 2.24) is 9.97 Å². The van der Waals surface area contributed by atoms with E-state index in [0.717, 1.165) is 100 Å². The minimum Gasteiger partial charge on any atom is -0.456 e. The van der Waals surface area contributed by atoms with Gasteiger partial charge in [-0.2, -0.15) is 0 Å². The number of nitrogens with zero attached hydrogens (tertiary/aromatic N) is 3. The number of hydrogen-bond acceptors (Lipinski definition) is 5. The number of para-hydroxylation sites is 3. The van der Waals surface area contributed by atoms with Gasteiger partial charge >= 0.3 is 0 Å². The summed E-state index contributed by atoms with van der Waals surface area (Å²) in [6, 6.07) is 77.9. The van der Waals surface area contributed by atoms with Gasteiger partial charge in [-0.15, -0.1) is 0 Å². The van der Waals surface area contributed by atoms with Gasteiger partial charge in [-0.25, -0.2) is 9.97 Å². The molecule has 0 aliphatic carbocycles. The summed E-state index contributed by atoms with van der Waals surface area (Å²) in [5, 5.41) is 4.12. The van der Waals surface area contributed by atoms with Crippen molar-refractivity contribution < 1.29 is 8.83 Å². The standard InChI is InChI=1S/C58H37N3O2/c1-4-15-38(16-5-1)39-27-31-44(32-28-39)61(43-19-8-3-9-20-43)45-33-29-40(30-34-45)42-35-49(57-48-22-11-13-25-53(48)63-55(57)36-42)51-37-50(59-58(60-51)41-17-6-2-7-18-41)46-23-14-26-54-56(46)47-21-10-12-24-52(47)62-54/h1-37H. The first kappa shape index (κ1) is 36.3. The molecule has 0 saturated heterocycles. The van der Waals surface area contributed by atoms with Crippen molar-refractivity contribution in [1.29, 1.82) is 0 Å². The van der Waals surface area contributed by atoms with Gasteiger partial charge in [-0.1, -0.05) is 152 Å². The van der Waals surface area contributed by atoms with E-state index in [4.69, 9.17) is 18.8 Å². The zero-order valence-electron chi connectivity index (χ0n) is 34.0. The van der Waals surface area contributed by atoms with Gasteiger partial charge in [0.25, 0.3) is 0 Å². The molecule has 296 valence electrons. The molecule has 0 unspecified atom stereocenters. The molecule has 63 heavy (non-hydrogen) atoms. The van der Waals surface area contributed by atoms with Gasteiger partial charge in [0.1, 0.15) is 22.3 Å². The van der Waals surface area contributed by atoms with Crippen molar-refractivity contribution in [3.8, 4) is 56.2 Å². The van der Waals surface area contributed by atoms with Gasteiger partial charge < -0.3 is 13.7 Å². The molecular formula is C58H37N3O2. The maximum Gasteiger partial charge on any atom is 0.160 e. The number of rotatable bonds is 8. The molecule has 0 aliphatic heterocycles. The molecule has 0 spiro atoms. The molecule has 0 amide bonds. The van der Waals surface area contributed by atoms with E-state index in [2.05, 4.69) is 169 Å². The first-order valence-electron chi connectivity index (χ1n) is 21.1. The zero-order chi connectivity index (χ0) is 41.7. The summed E-state index contributed by atoms with van der Waals surface area (Å²) in [5.74, 6) is 0.640. The molecule has 0 saturated carbocycles. The van der Waals surface area contributed by atoms with E-state index in [0.29, 0.717) is 5.82 Å². The second kappa shape index (κ2) is 15.2. The number of fused-ring (bicyclic) bond motifs is 6. The molecule has 12 rings (SSSR count). The highest BCUT2D eigenvalue weighted by Crippen LogP contribution is 2.43. The second-order valence-corrected chi connectivity index (χ2v) is 15.7. The third-order valence-electron chi connectivity index (χ3n) is 11.9. The monoisotopic (exact) mass is 807 g/mol. The Morgan fingerprint density at radius 3 is 1.40 bits per heavy atom. The van der Waals surface area contributed by atoms with Gasteiger partial charge in [-0.3, -0.25) is 0 Å². The van der Waals surface area contributed by atoms with Crippen LogP contribution in [0, 0.1) is 0 Å². The summed E-state index contributed by atoms with van der Waals surface area (Å²) in [7, 11) is 0. The molecule has 0 atom stereocenters. The van der Waals surface area contributed by atoms with E-state index in [1.165, 1.54) is 11.1 Å². The average Bonchev–Trinajstić information content (AvgIpc) is 3.94. The van der Waals surface area contributed by atoms with Crippen LogP contribution in [0.3, 0.4) is 0 Å². The smallest absolute Gasteiger partial charge is 0.160 e. The summed E-state index contributed by atoms with van der Waals surface area (Å²) in [4.78, 5) is 12.9.